The molecule has 0 unspecified atom stereocenters. The number of aryl methyl sites for hydroxylation is 1. The highest BCUT2D eigenvalue weighted by atomic mass is 32.1. The van der Waals surface area contributed by atoms with Gasteiger partial charge in [-0.3, -0.25) is 0 Å². The number of benzene rings is 7. The Morgan fingerprint density at radius 3 is 1.96 bits per heavy atom. The van der Waals surface area contributed by atoms with Crippen molar-refractivity contribution >= 4 is 53.3 Å². The molecular formula is C47H31N3S. The van der Waals surface area contributed by atoms with Gasteiger partial charge in [0.2, 0.25) is 0 Å². The molecule has 0 aliphatic carbocycles. The summed E-state index contributed by atoms with van der Waals surface area (Å²) in [5, 5.41) is 4.91. The Morgan fingerprint density at radius 2 is 1.10 bits per heavy atom. The third-order valence-corrected chi connectivity index (χ3v) is 11.1. The van der Waals surface area contributed by atoms with Gasteiger partial charge in [-0.05, 0) is 60.5 Å². The Hall–Kier alpha value is -6.36. The van der Waals surface area contributed by atoms with Crippen LogP contribution < -0.4 is 0 Å². The number of nitrogens with zero attached hydrogens (tertiary/aromatic N) is 3. The van der Waals surface area contributed by atoms with Gasteiger partial charge in [0.05, 0.1) is 22.4 Å². The van der Waals surface area contributed by atoms with Crippen LogP contribution in [0.5, 0.6) is 0 Å². The first-order valence-corrected chi connectivity index (χ1v) is 18.1. The van der Waals surface area contributed by atoms with Gasteiger partial charge in [0, 0.05) is 53.3 Å². The van der Waals surface area contributed by atoms with E-state index >= 15 is 0 Å². The fourth-order valence-corrected chi connectivity index (χ4v) is 8.70. The molecule has 10 aromatic rings. The molecule has 0 saturated carbocycles. The molecular weight excluding hydrogens is 639 g/mol. The van der Waals surface area contributed by atoms with Crippen LogP contribution in [0.3, 0.4) is 0 Å². The van der Waals surface area contributed by atoms with Crippen molar-refractivity contribution in [2.24, 2.45) is 0 Å². The zero-order chi connectivity index (χ0) is 33.9. The van der Waals surface area contributed by atoms with Crippen molar-refractivity contribution in [3.63, 3.8) is 0 Å². The van der Waals surface area contributed by atoms with Crippen molar-refractivity contribution in [3.05, 3.63) is 175 Å². The largest absolute Gasteiger partial charge is 0.309 e. The zero-order valence-corrected chi connectivity index (χ0v) is 28.7. The minimum Gasteiger partial charge on any atom is -0.309 e. The number of rotatable bonds is 5. The molecule has 0 spiro atoms. The average Bonchev–Trinajstić information content (AvgIpc) is 3.75. The fraction of sp³-hybridized carbons (Fsp3) is 0.0213. The molecule has 51 heavy (non-hydrogen) atoms. The first-order chi connectivity index (χ1) is 25.2. The number of thiophene rings is 1. The van der Waals surface area contributed by atoms with Crippen LogP contribution in [0.15, 0.2) is 170 Å². The summed E-state index contributed by atoms with van der Waals surface area (Å²) in [6.45, 7) is 2.13. The Morgan fingerprint density at radius 1 is 0.471 bits per heavy atom. The first-order valence-electron chi connectivity index (χ1n) is 17.2. The molecule has 0 bridgehead atoms. The smallest absolute Gasteiger partial charge is 0.160 e. The molecule has 0 aliphatic rings. The molecule has 10 rings (SSSR count). The van der Waals surface area contributed by atoms with Gasteiger partial charge >= 0.3 is 0 Å². The SMILES string of the molecule is Cc1ccc(-n2c3ccccc3c3c(-c4cc(-c5cccc6c5sc5ccccc56)nc(-c5cccc(-c6ccccc6)c5)n4)cccc32)cc1. The lowest BCUT2D eigenvalue weighted by Crippen LogP contribution is -1.97. The van der Waals surface area contributed by atoms with Crippen LogP contribution in [-0.2, 0) is 0 Å². The molecule has 3 nitrogen and oxygen atoms in total. The van der Waals surface area contributed by atoms with Crippen LogP contribution in [0, 0.1) is 6.92 Å². The van der Waals surface area contributed by atoms with Gasteiger partial charge in [0.25, 0.3) is 0 Å². The number of para-hydroxylation sites is 1. The van der Waals surface area contributed by atoms with Gasteiger partial charge in [-0.2, -0.15) is 0 Å². The van der Waals surface area contributed by atoms with E-state index in [0.717, 1.165) is 44.8 Å². The second-order valence-corrected chi connectivity index (χ2v) is 14.1. The summed E-state index contributed by atoms with van der Waals surface area (Å²) in [6, 6.07) is 60.6. The van der Waals surface area contributed by atoms with Gasteiger partial charge in [-0.25, -0.2) is 9.97 Å². The summed E-state index contributed by atoms with van der Waals surface area (Å²) in [6.07, 6.45) is 0. The Bertz CT molecular complexity index is 2920. The monoisotopic (exact) mass is 669 g/mol. The third-order valence-electron chi connectivity index (χ3n) is 9.90. The minimum atomic E-state index is 0.706. The summed E-state index contributed by atoms with van der Waals surface area (Å²) in [5.74, 6) is 0.706. The van der Waals surface area contributed by atoms with Crippen LogP contribution in [0.2, 0.25) is 0 Å². The maximum absolute atomic E-state index is 5.39. The summed E-state index contributed by atoms with van der Waals surface area (Å²) >= 11 is 1.83. The van der Waals surface area contributed by atoms with Crippen molar-refractivity contribution in [1.29, 1.82) is 0 Å². The van der Waals surface area contributed by atoms with E-state index in [0.29, 0.717) is 5.82 Å². The van der Waals surface area contributed by atoms with Gasteiger partial charge in [0.15, 0.2) is 5.82 Å². The summed E-state index contributed by atoms with van der Waals surface area (Å²) < 4.78 is 4.89. The molecule has 0 atom stereocenters. The highest BCUT2D eigenvalue weighted by Gasteiger charge is 2.20. The van der Waals surface area contributed by atoms with Crippen LogP contribution in [-0.4, -0.2) is 14.5 Å². The van der Waals surface area contributed by atoms with E-state index in [1.165, 1.54) is 47.6 Å². The van der Waals surface area contributed by atoms with Gasteiger partial charge in [-0.1, -0.05) is 133 Å². The molecule has 240 valence electrons. The quantitative estimate of drug-likeness (QED) is 0.183. The van der Waals surface area contributed by atoms with Crippen molar-refractivity contribution in [1.82, 2.24) is 14.5 Å². The predicted octanol–water partition coefficient (Wildman–Crippen LogP) is 12.9. The highest BCUT2D eigenvalue weighted by molar-refractivity contribution is 7.26. The van der Waals surface area contributed by atoms with Crippen molar-refractivity contribution in [2.45, 2.75) is 6.92 Å². The normalized spacial score (nSPS) is 11.6. The summed E-state index contributed by atoms with van der Waals surface area (Å²) in [4.78, 5) is 10.7. The number of aromatic nitrogens is 3. The van der Waals surface area contributed by atoms with Crippen LogP contribution in [0.4, 0.5) is 0 Å². The van der Waals surface area contributed by atoms with Gasteiger partial charge in [0.1, 0.15) is 0 Å². The molecule has 7 aromatic carbocycles. The summed E-state index contributed by atoms with van der Waals surface area (Å²) in [7, 11) is 0. The predicted molar refractivity (Wildman–Crippen MR) is 216 cm³/mol. The molecule has 0 N–H and O–H groups in total. The average molecular weight is 670 g/mol. The van der Waals surface area contributed by atoms with E-state index in [9.17, 15) is 0 Å². The van der Waals surface area contributed by atoms with E-state index in [4.69, 9.17) is 9.97 Å². The maximum Gasteiger partial charge on any atom is 0.160 e. The summed E-state index contributed by atoms with van der Waals surface area (Å²) in [5.41, 5.74) is 12.0. The first kappa shape index (κ1) is 29.5. The second kappa shape index (κ2) is 11.9. The van der Waals surface area contributed by atoms with Gasteiger partial charge < -0.3 is 4.57 Å². The Kier molecular flexibility index (Phi) is 6.90. The maximum atomic E-state index is 5.39. The molecule has 0 saturated heterocycles. The van der Waals surface area contributed by atoms with E-state index in [2.05, 4.69) is 181 Å². The molecule has 0 fully saturated rings. The molecule has 0 aliphatic heterocycles. The van der Waals surface area contributed by atoms with Crippen molar-refractivity contribution < 1.29 is 0 Å². The third kappa shape index (κ3) is 4.95. The number of hydrogen-bond acceptors (Lipinski definition) is 3. The van der Waals surface area contributed by atoms with E-state index in [-0.39, 0.29) is 0 Å². The molecule has 3 heterocycles. The van der Waals surface area contributed by atoms with Crippen LogP contribution in [0.25, 0.3) is 92.7 Å². The lowest BCUT2D eigenvalue weighted by Gasteiger charge is -2.12. The second-order valence-electron chi connectivity index (χ2n) is 13.1. The van der Waals surface area contributed by atoms with Crippen LogP contribution >= 0.6 is 11.3 Å². The molecule has 0 radical (unpaired) electrons. The van der Waals surface area contributed by atoms with Crippen molar-refractivity contribution in [2.75, 3.05) is 0 Å². The lowest BCUT2D eigenvalue weighted by atomic mass is 10.00. The van der Waals surface area contributed by atoms with Gasteiger partial charge in [-0.15, -0.1) is 11.3 Å². The van der Waals surface area contributed by atoms with Crippen molar-refractivity contribution in [3.8, 4) is 50.7 Å². The van der Waals surface area contributed by atoms with E-state index in [1.807, 2.05) is 11.3 Å². The van der Waals surface area contributed by atoms with Crippen LogP contribution in [0.1, 0.15) is 5.56 Å². The highest BCUT2D eigenvalue weighted by Crippen LogP contribution is 2.42. The topological polar surface area (TPSA) is 30.7 Å². The minimum absolute atomic E-state index is 0.706. The number of hydrogen-bond donors (Lipinski definition) is 0. The molecule has 4 heteroatoms. The Balaban J connectivity index is 1.25. The molecule has 3 aromatic heterocycles. The van der Waals surface area contributed by atoms with E-state index in [1.54, 1.807) is 0 Å². The van der Waals surface area contributed by atoms with E-state index < -0.39 is 0 Å². The zero-order valence-electron chi connectivity index (χ0n) is 27.9. The fourth-order valence-electron chi connectivity index (χ4n) is 7.47. The standard InChI is InChI=1S/C47H31N3S/c1-30-24-26-34(27-25-30)50-42-21-7-5-17-39(42)45-37(19-11-22-43(45)50)40-29-41(38-20-10-18-36-35-16-6-8-23-44(35)51-46(36)38)49-47(48-40)33-15-9-14-32(28-33)31-12-3-2-4-13-31/h2-29H,1H3. The number of fused-ring (bicyclic) bond motifs is 6. The lowest BCUT2D eigenvalue weighted by molar-refractivity contribution is 1.17. The molecule has 0 amide bonds. The Labute approximate surface area is 299 Å².